The zero-order valence-electron chi connectivity index (χ0n) is 26.4. The van der Waals surface area contributed by atoms with Crippen molar-refractivity contribution in [3.63, 3.8) is 0 Å². The van der Waals surface area contributed by atoms with Gasteiger partial charge in [0, 0.05) is 35.3 Å². The van der Waals surface area contributed by atoms with Crippen LogP contribution in [-0.2, 0) is 25.7 Å². The molecule has 1 heterocycles. The molecule has 0 saturated carbocycles. The van der Waals surface area contributed by atoms with E-state index in [-0.39, 0.29) is 36.8 Å². The molecule has 0 unspecified atom stereocenters. The molecule has 4 amide bonds. The number of ether oxygens (including phenoxy) is 1. The van der Waals surface area contributed by atoms with E-state index in [4.69, 9.17) is 4.74 Å². The molecular formula is C28H50N6O6S2. The molecule has 0 fully saturated rings. The number of likely N-dealkylation sites (N-methyl/N-ethyl adjacent to an activating group) is 1. The number of hydrogen-bond acceptors (Lipinski definition) is 10. The molecule has 1 aromatic heterocycles. The molecule has 0 radical (unpaired) electrons. The highest BCUT2D eigenvalue weighted by Crippen LogP contribution is 2.17. The molecule has 1 aromatic rings. The third-order valence-electron chi connectivity index (χ3n) is 6.11. The van der Waals surface area contributed by atoms with Gasteiger partial charge in [0.1, 0.15) is 23.7 Å². The fourth-order valence-electron chi connectivity index (χ4n) is 4.13. The maximum atomic E-state index is 13.2. The summed E-state index contributed by atoms with van der Waals surface area (Å²) in [6.07, 6.45) is 0.569. The number of aliphatic hydroxyl groups is 1. The van der Waals surface area contributed by atoms with Crippen molar-refractivity contribution in [2.75, 3.05) is 32.6 Å². The average molecular weight is 631 g/mol. The summed E-state index contributed by atoms with van der Waals surface area (Å²) in [5.74, 6) is -1.30. The molecule has 42 heavy (non-hydrogen) atoms. The van der Waals surface area contributed by atoms with Crippen LogP contribution in [0, 0.1) is 18.8 Å². The van der Waals surface area contributed by atoms with Gasteiger partial charge < -0.3 is 36.0 Å². The second kappa shape index (κ2) is 19.0. The highest BCUT2D eigenvalue weighted by Gasteiger charge is 2.31. The summed E-state index contributed by atoms with van der Waals surface area (Å²) in [7, 11) is 3.63. The first-order valence-electron chi connectivity index (χ1n) is 14.2. The molecule has 1 rings (SSSR count). The first-order valence-corrected chi connectivity index (χ1v) is 16.5. The maximum absolute atomic E-state index is 13.2. The molecule has 5 atom stereocenters. The maximum Gasteiger partial charge on any atom is 0.408 e. The number of nitrogens with one attached hydrogen (secondary N) is 4. The first kappa shape index (κ1) is 37.6. The van der Waals surface area contributed by atoms with Gasteiger partial charge in [0.15, 0.2) is 0 Å². The molecule has 0 aliphatic rings. The van der Waals surface area contributed by atoms with Gasteiger partial charge in [0.25, 0.3) is 0 Å². The summed E-state index contributed by atoms with van der Waals surface area (Å²) < 4.78 is 5.24. The van der Waals surface area contributed by atoms with Crippen molar-refractivity contribution < 1.29 is 29.0 Å². The van der Waals surface area contributed by atoms with Gasteiger partial charge in [-0.05, 0) is 59.9 Å². The van der Waals surface area contributed by atoms with Gasteiger partial charge in [-0.15, -0.1) is 11.3 Å². The van der Waals surface area contributed by atoms with Crippen LogP contribution in [0.15, 0.2) is 5.38 Å². The van der Waals surface area contributed by atoms with E-state index in [1.807, 2.05) is 65.2 Å². The van der Waals surface area contributed by atoms with Crippen molar-refractivity contribution in [2.24, 2.45) is 11.8 Å². The number of carbonyl (C=O) groups is 4. The predicted octanol–water partition coefficient (Wildman–Crippen LogP) is 1.90. The Kier molecular flexibility index (Phi) is 17.0. The lowest BCUT2D eigenvalue weighted by molar-refractivity contribution is -0.132. The van der Waals surface area contributed by atoms with Gasteiger partial charge in [0.05, 0.1) is 12.1 Å². The monoisotopic (exact) mass is 630 g/mol. The fraction of sp³-hybridized carbons (Fsp3) is 0.750. The average Bonchev–Trinajstić information content (AvgIpc) is 3.30. The van der Waals surface area contributed by atoms with Crippen LogP contribution in [0.25, 0.3) is 0 Å². The molecule has 0 spiro atoms. The lowest BCUT2D eigenvalue weighted by Crippen LogP contribution is -2.55. The van der Waals surface area contributed by atoms with E-state index in [9.17, 15) is 24.3 Å². The molecule has 0 aliphatic heterocycles. The number of aliphatic hydroxyl groups excluding tert-OH is 1. The van der Waals surface area contributed by atoms with Crippen LogP contribution < -0.4 is 21.3 Å². The highest BCUT2D eigenvalue weighted by atomic mass is 32.2. The number of hydrogen-bond donors (Lipinski definition) is 5. The van der Waals surface area contributed by atoms with Crippen LogP contribution in [0.2, 0.25) is 0 Å². The van der Waals surface area contributed by atoms with Gasteiger partial charge >= 0.3 is 6.09 Å². The lowest BCUT2D eigenvalue weighted by Gasteiger charge is -2.30. The Hall–Kier alpha value is -2.42. The third kappa shape index (κ3) is 14.7. The Labute approximate surface area is 258 Å². The molecule has 0 bridgehead atoms. The third-order valence-corrected chi connectivity index (χ3v) is 7.71. The van der Waals surface area contributed by atoms with E-state index >= 15 is 0 Å². The molecule has 240 valence electrons. The number of alkyl carbamates (subject to hydrolysis) is 1. The molecule has 0 saturated heterocycles. The van der Waals surface area contributed by atoms with E-state index in [0.717, 1.165) is 5.69 Å². The van der Waals surface area contributed by atoms with Crippen LogP contribution >= 0.6 is 23.1 Å². The van der Waals surface area contributed by atoms with E-state index < -0.39 is 42.1 Å². The Morgan fingerprint density at radius 1 is 0.976 bits per heavy atom. The second-order valence-corrected chi connectivity index (χ2v) is 13.4. The van der Waals surface area contributed by atoms with E-state index in [0.29, 0.717) is 23.7 Å². The Balaban J connectivity index is 2.85. The quantitative estimate of drug-likeness (QED) is 0.163. The van der Waals surface area contributed by atoms with Gasteiger partial charge in [-0.1, -0.05) is 20.8 Å². The fourth-order valence-corrected chi connectivity index (χ4v) is 5.38. The molecule has 12 nitrogen and oxygen atoms in total. The SMILES string of the molecule is CSC[C@H](NC(=O)OCc1nc(C)cs1)C(=O)N[C@@H](CC(C)C)[C@@H](O)C[C@@H](C)C(=O)N[C@@H](CN(C)C)C(=O)NC(C)C. The minimum atomic E-state index is -1.04. The van der Waals surface area contributed by atoms with Crippen LogP contribution in [0.1, 0.15) is 58.2 Å². The molecule has 0 aromatic carbocycles. The van der Waals surface area contributed by atoms with Crippen molar-refractivity contribution in [1.82, 2.24) is 31.2 Å². The number of aryl methyl sites for hydroxylation is 1. The summed E-state index contributed by atoms with van der Waals surface area (Å²) in [6, 6.07) is -2.37. The Morgan fingerprint density at radius 3 is 2.14 bits per heavy atom. The molecule has 0 aliphatic carbocycles. The van der Waals surface area contributed by atoms with Crippen molar-refractivity contribution in [1.29, 1.82) is 0 Å². The highest BCUT2D eigenvalue weighted by molar-refractivity contribution is 7.98. The lowest BCUT2D eigenvalue weighted by atomic mass is 9.92. The number of rotatable bonds is 18. The van der Waals surface area contributed by atoms with Crippen LogP contribution in [0.3, 0.4) is 0 Å². The van der Waals surface area contributed by atoms with Crippen LogP contribution in [0.5, 0.6) is 0 Å². The molecule has 14 heteroatoms. The number of aromatic nitrogens is 1. The summed E-state index contributed by atoms with van der Waals surface area (Å²) in [6.45, 7) is 11.5. The van der Waals surface area contributed by atoms with Crippen molar-refractivity contribution >= 4 is 46.9 Å². The van der Waals surface area contributed by atoms with Crippen molar-refractivity contribution in [3.05, 3.63) is 16.1 Å². The van der Waals surface area contributed by atoms with E-state index in [2.05, 4.69) is 26.3 Å². The smallest absolute Gasteiger partial charge is 0.408 e. The number of carbonyl (C=O) groups excluding carboxylic acids is 4. The second-order valence-electron chi connectivity index (χ2n) is 11.5. The van der Waals surface area contributed by atoms with Gasteiger partial charge in [-0.2, -0.15) is 11.8 Å². The molecular weight excluding hydrogens is 580 g/mol. The number of thioether (sulfide) groups is 1. The van der Waals surface area contributed by atoms with Gasteiger partial charge in [-0.25, -0.2) is 9.78 Å². The summed E-state index contributed by atoms with van der Waals surface area (Å²) >= 11 is 2.77. The summed E-state index contributed by atoms with van der Waals surface area (Å²) in [4.78, 5) is 57.4. The van der Waals surface area contributed by atoms with E-state index in [1.54, 1.807) is 6.92 Å². The van der Waals surface area contributed by atoms with Crippen LogP contribution in [0.4, 0.5) is 4.79 Å². The van der Waals surface area contributed by atoms with Crippen molar-refractivity contribution in [2.45, 2.75) is 91.3 Å². The standard InChI is InChI=1S/C28H50N6O6S2/c1-16(2)10-20(23(35)11-18(5)25(36)32-21(12-34(7)8)26(37)29-17(3)4)31-27(38)22(15-41-9)33-28(39)40-13-24-30-19(6)14-42-24/h14,16-18,20-23,35H,10-13,15H2,1-9H3,(H,29,37)(H,31,38)(H,32,36)(H,33,39)/t18-,20+,21+,22+,23+/m1/s1. The minimum absolute atomic E-state index is 0.00111. The Bertz CT molecular complexity index is 1010. The molecule has 5 N–H and O–H groups in total. The first-order chi connectivity index (χ1) is 19.6. The minimum Gasteiger partial charge on any atom is -0.442 e. The number of amides is 4. The van der Waals surface area contributed by atoms with E-state index in [1.165, 1.54) is 23.1 Å². The topological polar surface area (TPSA) is 162 Å². The normalized spacial score (nSPS) is 15.1. The van der Waals surface area contributed by atoms with Crippen molar-refractivity contribution in [3.8, 4) is 0 Å². The van der Waals surface area contributed by atoms with Crippen LogP contribution in [-0.4, -0.2) is 102 Å². The van der Waals surface area contributed by atoms with Gasteiger partial charge in [0.2, 0.25) is 17.7 Å². The summed E-state index contributed by atoms with van der Waals surface area (Å²) in [5, 5.41) is 24.8. The zero-order chi connectivity index (χ0) is 32.0. The predicted molar refractivity (Wildman–Crippen MR) is 167 cm³/mol. The number of nitrogens with zero attached hydrogens (tertiary/aromatic N) is 2. The van der Waals surface area contributed by atoms with Gasteiger partial charge in [-0.3, -0.25) is 14.4 Å². The zero-order valence-corrected chi connectivity index (χ0v) is 28.0. The summed E-state index contributed by atoms with van der Waals surface area (Å²) in [5.41, 5.74) is 0.838. The Morgan fingerprint density at radius 2 is 1.62 bits per heavy atom. The number of thiazole rings is 1. The largest absolute Gasteiger partial charge is 0.442 e.